The van der Waals surface area contributed by atoms with Crippen LogP contribution in [0, 0.1) is 13.8 Å². The Morgan fingerprint density at radius 2 is 1.60 bits per heavy atom. The van der Waals surface area contributed by atoms with Crippen molar-refractivity contribution in [2.75, 3.05) is 10.8 Å². The Morgan fingerprint density at radius 3 is 2.20 bits per heavy atom. The molecule has 0 aliphatic heterocycles. The highest BCUT2D eigenvalue weighted by molar-refractivity contribution is 7.92. The van der Waals surface area contributed by atoms with E-state index in [0.717, 1.165) is 9.87 Å². The van der Waals surface area contributed by atoms with Crippen molar-refractivity contribution in [3.8, 4) is 0 Å². The molecule has 214 valence electrons. The van der Waals surface area contributed by atoms with Crippen molar-refractivity contribution in [3.05, 3.63) is 93.5 Å². The summed E-state index contributed by atoms with van der Waals surface area (Å²) in [4.78, 5) is 28.7. The second kappa shape index (κ2) is 12.6. The first-order valence-corrected chi connectivity index (χ1v) is 15.0. The Morgan fingerprint density at radius 1 is 0.950 bits per heavy atom. The van der Waals surface area contributed by atoms with Gasteiger partial charge < -0.3 is 10.2 Å². The predicted molar refractivity (Wildman–Crippen MR) is 161 cm³/mol. The van der Waals surface area contributed by atoms with Gasteiger partial charge in [0.2, 0.25) is 11.8 Å². The predicted octanol–water partition coefficient (Wildman–Crippen LogP) is 6.14. The summed E-state index contributed by atoms with van der Waals surface area (Å²) in [6, 6.07) is 17.3. The fourth-order valence-corrected chi connectivity index (χ4v) is 6.07. The summed E-state index contributed by atoms with van der Waals surface area (Å²) in [7, 11) is -4.14. The zero-order chi connectivity index (χ0) is 29.8. The summed E-state index contributed by atoms with van der Waals surface area (Å²) in [5.41, 5.74) is 1.93. The highest BCUT2D eigenvalue weighted by atomic mass is 35.5. The zero-order valence-corrected chi connectivity index (χ0v) is 25.9. The number of nitrogens with zero attached hydrogens (tertiary/aromatic N) is 2. The summed E-state index contributed by atoms with van der Waals surface area (Å²) in [5.74, 6) is -0.946. The van der Waals surface area contributed by atoms with Gasteiger partial charge in [-0.2, -0.15) is 0 Å². The summed E-state index contributed by atoms with van der Waals surface area (Å²) < 4.78 is 29.0. The van der Waals surface area contributed by atoms with Crippen molar-refractivity contribution < 1.29 is 18.0 Å². The standard InChI is InChI=1S/C30H35Cl2N3O4S/c1-20-12-13-21(2)27(16-20)35(40(38,39)25-10-8-7-9-11-25)19-28(36)34(22(3)29(37)33-30(4,5)6)18-23-14-15-24(31)17-26(23)32/h7-17,22H,18-19H2,1-6H3,(H,33,37)/t22-/m0/s1. The molecule has 1 N–H and O–H groups in total. The summed E-state index contributed by atoms with van der Waals surface area (Å²) in [6.07, 6.45) is 0. The number of hydrogen-bond donors (Lipinski definition) is 1. The van der Waals surface area contributed by atoms with Crippen LogP contribution in [0.5, 0.6) is 0 Å². The third kappa shape index (κ3) is 7.77. The fourth-order valence-electron chi connectivity index (χ4n) is 4.11. The van der Waals surface area contributed by atoms with E-state index in [4.69, 9.17) is 23.2 Å². The SMILES string of the molecule is Cc1ccc(C)c(N(CC(=O)N(Cc2ccc(Cl)cc2Cl)[C@@H](C)C(=O)NC(C)(C)C)S(=O)(=O)c2ccccc2)c1. The molecule has 0 saturated carbocycles. The molecule has 1 atom stereocenters. The fraction of sp³-hybridized carbons (Fsp3) is 0.333. The van der Waals surface area contributed by atoms with Gasteiger partial charge in [0.05, 0.1) is 10.6 Å². The first-order chi connectivity index (χ1) is 18.6. The van der Waals surface area contributed by atoms with Gasteiger partial charge in [-0.05, 0) is 88.6 Å². The van der Waals surface area contributed by atoms with Crippen LogP contribution < -0.4 is 9.62 Å². The molecule has 40 heavy (non-hydrogen) atoms. The van der Waals surface area contributed by atoms with Gasteiger partial charge in [-0.25, -0.2) is 8.42 Å². The molecule has 10 heteroatoms. The number of nitrogens with one attached hydrogen (secondary N) is 1. The monoisotopic (exact) mass is 603 g/mol. The molecule has 0 radical (unpaired) electrons. The Bertz CT molecular complexity index is 1490. The largest absolute Gasteiger partial charge is 0.350 e. The lowest BCUT2D eigenvalue weighted by atomic mass is 10.1. The Labute approximate surface area is 247 Å². The average Bonchev–Trinajstić information content (AvgIpc) is 2.87. The molecule has 0 aromatic heterocycles. The van der Waals surface area contributed by atoms with Crippen LogP contribution in [0.4, 0.5) is 5.69 Å². The molecular formula is C30H35Cl2N3O4S. The second-order valence-corrected chi connectivity index (χ2v) is 13.5. The van der Waals surface area contributed by atoms with Crippen LogP contribution in [0.15, 0.2) is 71.6 Å². The van der Waals surface area contributed by atoms with Crippen LogP contribution >= 0.6 is 23.2 Å². The second-order valence-electron chi connectivity index (χ2n) is 10.8. The number of anilines is 1. The lowest BCUT2D eigenvalue weighted by Crippen LogP contribution is -2.54. The molecule has 0 aliphatic carbocycles. The molecule has 7 nitrogen and oxygen atoms in total. The average molecular weight is 605 g/mol. The number of aryl methyl sites for hydroxylation is 2. The van der Waals surface area contributed by atoms with Crippen LogP contribution in [-0.4, -0.2) is 43.3 Å². The van der Waals surface area contributed by atoms with Crippen LogP contribution in [0.25, 0.3) is 0 Å². The highest BCUT2D eigenvalue weighted by Gasteiger charge is 2.34. The maximum Gasteiger partial charge on any atom is 0.264 e. The molecule has 2 amide bonds. The summed E-state index contributed by atoms with van der Waals surface area (Å²) in [5, 5.41) is 3.66. The van der Waals surface area contributed by atoms with Crippen molar-refractivity contribution in [3.63, 3.8) is 0 Å². The van der Waals surface area contributed by atoms with E-state index in [9.17, 15) is 18.0 Å². The minimum Gasteiger partial charge on any atom is -0.350 e. The number of rotatable bonds is 9. The van der Waals surface area contributed by atoms with E-state index in [0.29, 0.717) is 26.9 Å². The molecule has 3 aromatic carbocycles. The summed E-state index contributed by atoms with van der Waals surface area (Å²) in [6.45, 7) is 10.2. The maximum absolute atomic E-state index is 14.1. The first kappa shape index (κ1) is 31.5. The van der Waals surface area contributed by atoms with E-state index in [-0.39, 0.29) is 17.3 Å². The quantitative estimate of drug-likeness (QED) is 0.318. The van der Waals surface area contributed by atoms with E-state index in [1.54, 1.807) is 56.3 Å². The van der Waals surface area contributed by atoms with Gasteiger partial charge >= 0.3 is 0 Å². The Balaban J connectivity index is 2.09. The minimum absolute atomic E-state index is 0.0282. The van der Waals surface area contributed by atoms with E-state index in [2.05, 4.69) is 5.32 Å². The van der Waals surface area contributed by atoms with Crippen LogP contribution in [-0.2, 0) is 26.2 Å². The van der Waals surface area contributed by atoms with E-state index in [1.165, 1.54) is 17.0 Å². The van der Waals surface area contributed by atoms with E-state index < -0.39 is 34.1 Å². The van der Waals surface area contributed by atoms with Gasteiger partial charge in [0, 0.05) is 22.1 Å². The van der Waals surface area contributed by atoms with Crippen molar-refractivity contribution in [1.82, 2.24) is 10.2 Å². The van der Waals surface area contributed by atoms with Gasteiger partial charge in [-0.3, -0.25) is 13.9 Å². The van der Waals surface area contributed by atoms with E-state index in [1.807, 2.05) is 39.8 Å². The topological polar surface area (TPSA) is 86.8 Å². The lowest BCUT2D eigenvalue weighted by molar-refractivity contribution is -0.140. The number of carbonyl (C=O) groups is 2. The number of halogens is 2. The third-order valence-electron chi connectivity index (χ3n) is 6.26. The lowest BCUT2D eigenvalue weighted by Gasteiger charge is -2.34. The first-order valence-electron chi connectivity index (χ1n) is 12.8. The number of hydrogen-bond acceptors (Lipinski definition) is 4. The van der Waals surface area contributed by atoms with Crippen molar-refractivity contribution >= 4 is 50.7 Å². The van der Waals surface area contributed by atoms with Crippen molar-refractivity contribution in [2.45, 2.75) is 64.6 Å². The number of carbonyl (C=O) groups excluding carboxylic acids is 2. The van der Waals surface area contributed by atoms with Gasteiger partial charge in [0.1, 0.15) is 12.6 Å². The highest BCUT2D eigenvalue weighted by Crippen LogP contribution is 2.29. The molecule has 0 saturated heterocycles. The number of amides is 2. The van der Waals surface area contributed by atoms with Gasteiger partial charge in [-0.1, -0.05) is 59.6 Å². The molecule has 3 rings (SSSR count). The van der Waals surface area contributed by atoms with Crippen LogP contribution in [0.3, 0.4) is 0 Å². The maximum atomic E-state index is 14.1. The molecular weight excluding hydrogens is 569 g/mol. The van der Waals surface area contributed by atoms with Crippen LogP contribution in [0.1, 0.15) is 44.4 Å². The normalized spacial score (nSPS) is 12.5. The molecule has 0 fully saturated rings. The van der Waals surface area contributed by atoms with Gasteiger partial charge in [0.25, 0.3) is 10.0 Å². The number of benzene rings is 3. The zero-order valence-electron chi connectivity index (χ0n) is 23.5. The molecule has 0 bridgehead atoms. The molecule has 0 spiro atoms. The molecule has 0 aliphatic rings. The smallest absolute Gasteiger partial charge is 0.264 e. The number of sulfonamides is 1. The van der Waals surface area contributed by atoms with Crippen molar-refractivity contribution in [1.29, 1.82) is 0 Å². The Hall–Kier alpha value is -3.07. The van der Waals surface area contributed by atoms with Crippen LogP contribution in [0.2, 0.25) is 10.0 Å². The third-order valence-corrected chi connectivity index (χ3v) is 8.63. The molecule has 0 heterocycles. The summed E-state index contributed by atoms with van der Waals surface area (Å²) >= 11 is 12.5. The van der Waals surface area contributed by atoms with E-state index >= 15 is 0 Å². The minimum atomic E-state index is -4.14. The Kier molecular flexibility index (Phi) is 9.93. The van der Waals surface area contributed by atoms with Crippen molar-refractivity contribution in [2.24, 2.45) is 0 Å². The molecule has 0 unspecified atom stereocenters. The molecule has 3 aromatic rings. The van der Waals surface area contributed by atoms with Gasteiger partial charge in [-0.15, -0.1) is 0 Å². The van der Waals surface area contributed by atoms with Gasteiger partial charge in [0.15, 0.2) is 0 Å².